The molecule has 2 N–H and O–H groups in total. The van der Waals surface area contributed by atoms with Crippen LogP contribution in [0.1, 0.15) is 28.1 Å². The van der Waals surface area contributed by atoms with Gasteiger partial charge in [0.2, 0.25) is 6.79 Å². The van der Waals surface area contributed by atoms with E-state index in [-0.39, 0.29) is 6.79 Å². The predicted octanol–water partition coefficient (Wildman–Crippen LogP) is 4.56. The molecular formula is C28H19N5O3. The summed E-state index contributed by atoms with van der Waals surface area (Å²) in [5.74, 6) is 1.78. The number of fused-ring (bicyclic) bond motifs is 2. The number of nitrogens with zero attached hydrogens (tertiary/aromatic N) is 4. The van der Waals surface area contributed by atoms with Gasteiger partial charge in [0.1, 0.15) is 16.9 Å². The van der Waals surface area contributed by atoms with Crippen LogP contribution in [0, 0.1) is 22.7 Å². The summed E-state index contributed by atoms with van der Waals surface area (Å²) in [6.45, 7) is 0.169. The first-order valence-corrected chi connectivity index (χ1v) is 11.2. The van der Waals surface area contributed by atoms with Crippen LogP contribution >= 0.6 is 0 Å². The first kappa shape index (κ1) is 21.5. The molecule has 5 aromatic rings. The second-order valence-corrected chi connectivity index (χ2v) is 8.62. The molecule has 36 heavy (non-hydrogen) atoms. The summed E-state index contributed by atoms with van der Waals surface area (Å²) in [6, 6.07) is 22.5. The topological polar surface area (TPSA) is 123 Å². The van der Waals surface area contributed by atoms with Gasteiger partial charge >= 0.3 is 0 Å². The van der Waals surface area contributed by atoms with Gasteiger partial charge in [-0.25, -0.2) is 4.98 Å². The van der Waals surface area contributed by atoms with Gasteiger partial charge in [-0.1, -0.05) is 18.2 Å². The number of aryl methyl sites for hydroxylation is 1. The fraction of sp³-hybridized carbons (Fsp3) is 0.107. The molecule has 8 nitrogen and oxygen atoms in total. The van der Waals surface area contributed by atoms with Gasteiger partial charge < -0.3 is 24.2 Å². The number of nitriles is 2. The van der Waals surface area contributed by atoms with Crippen LogP contribution in [0.2, 0.25) is 0 Å². The second-order valence-electron chi connectivity index (χ2n) is 8.62. The molecule has 0 saturated carbocycles. The number of rotatable bonds is 4. The monoisotopic (exact) mass is 473 g/mol. The lowest BCUT2D eigenvalue weighted by Crippen LogP contribution is -2.40. The highest BCUT2D eigenvalue weighted by Crippen LogP contribution is 2.42. The van der Waals surface area contributed by atoms with Crippen molar-refractivity contribution in [3.63, 3.8) is 0 Å². The minimum Gasteiger partial charge on any atom is -0.458 e. The van der Waals surface area contributed by atoms with E-state index < -0.39 is 5.54 Å². The molecule has 0 spiro atoms. The number of imidazole rings is 1. The summed E-state index contributed by atoms with van der Waals surface area (Å²) in [4.78, 5) is 4.27. The summed E-state index contributed by atoms with van der Waals surface area (Å²) in [6.07, 6.45) is 3.37. The van der Waals surface area contributed by atoms with Gasteiger partial charge in [-0.2, -0.15) is 10.5 Å². The van der Waals surface area contributed by atoms with E-state index in [0.29, 0.717) is 39.7 Å². The fourth-order valence-electron chi connectivity index (χ4n) is 4.65. The third-order valence-electron chi connectivity index (χ3n) is 6.51. The zero-order chi connectivity index (χ0) is 24.9. The van der Waals surface area contributed by atoms with Crippen LogP contribution in [0.15, 0.2) is 77.6 Å². The molecule has 3 heterocycles. The van der Waals surface area contributed by atoms with Crippen molar-refractivity contribution in [2.24, 2.45) is 12.8 Å². The van der Waals surface area contributed by atoms with E-state index in [1.54, 1.807) is 36.8 Å². The quantitative estimate of drug-likeness (QED) is 0.406. The molecule has 1 atom stereocenters. The number of hydrogen-bond acceptors (Lipinski definition) is 7. The second kappa shape index (κ2) is 8.02. The van der Waals surface area contributed by atoms with Crippen LogP contribution in [-0.4, -0.2) is 16.3 Å². The summed E-state index contributed by atoms with van der Waals surface area (Å²) < 4.78 is 19.4. The molecule has 3 aromatic carbocycles. The molecule has 6 rings (SSSR count). The van der Waals surface area contributed by atoms with E-state index >= 15 is 0 Å². The Kier molecular flexibility index (Phi) is 4.78. The fourth-order valence-corrected chi connectivity index (χ4v) is 4.65. The van der Waals surface area contributed by atoms with E-state index in [1.807, 2.05) is 48.0 Å². The highest BCUT2D eigenvalue weighted by molar-refractivity contribution is 5.95. The Morgan fingerprint density at radius 1 is 0.944 bits per heavy atom. The van der Waals surface area contributed by atoms with Crippen molar-refractivity contribution in [2.45, 2.75) is 5.54 Å². The normalized spacial score (nSPS) is 13.8. The molecule has 0 fully saturated rings. The summed E-state index contributed by atoms with van der Waals surface area (Å²) >= 11 is 0. The molecule has 0 amide bonds. The Morgan fingerprint density at radius 3 is 2.44 bits per heavy atom. The van der Waals surface area contributed by atoms with Crippen LogP contribution in [0.4, 0.5) is 0 Å². The molecule has 1 aliphatic rings. The zero-order valence-corrected chi connectivity index (χ0v) is 19.2. The van der Waals surface area contributed by atoms with E-state index in [1.165, 1.54) is 0 Å². The van der Waals surface area contributed by atoms with Gasteiger partial charge in [-0.05, 0) is 53.6 Å². The van der Waals surface area contributed by atoms with Gasteiger partial charge in [0.05, 0.1) is 41.5 Å². The third kappa shape index (κ3) is 3.21. The number of benzene rings is 3. The average molecular weight is 473 g/mol. The maximum atomic E-state index is 9.72. The van der Waals surface area contributed by atoms with Crippen LogP contribution in [0.5, 0.6) is 11.5 Å². The lowest BCUT2D eigenvalue weighted by molar-refractivity contribution is 0.174. The highest BCUT2D eigenvalue weighted by atomic mass is 16.7. The first-order chi connectivity index (χ1) is 17.5. The number of nitrogens with two attached hydrogens (primary N) is 1. The summed E-state index contributed by atoms with van der Waals surface area (Å²) in [5, 5.41) is 19.7. The Balaban J connectivity index is 1.60. The van der Waals surface area contributed by atoms with Crippen molar-refractivity contribution in [3.05, 3.63) is 101 Å². The van der Waals surface area contributed by atoms with Crippen molar-refractivity contribution in [2.75, 3.05) is 6.79 Å². The van der Waals surface area contributed by atoms with Crippen LogP contribution in [0.25, 0.3) is 22.1 Å². The molecule has 0 radical (unpaired) electrons. The van der Waals surface area contributed by atoms with Crippen molar-refractivity contribution < 1.29 is 13.9 Å². The Hall–Kier alpha value is -5.05. The molecule has 1 aliphatic heterocycles. The highest BCUT2D eigenvalue weighted by Gasteiger charge is 2.38. The third-order valence-corrected chi connectivity index (χ3v) is 6.51. The number of hydrogen-bond donors (Lipinski definition) is 1. The van der Waals surface area contributed by atoms with Crippen molar-refractivity contribution in [1.29, 1.82) is 10.5 Å². The van der Waals surface area contributed by atoms with Crippen LogP contribution < -0.4 is 15.2 Å². The van der Waals surface area contributed by atoms with Crippen molar-refractivity contribution >= 4 is 11.0 Å². The van der Waals surface area contributed by atoms with Gasteiger partial charge in [0.25, 0.3) is 0 Å². The molecule has 0 saturated heterocycles. The molecule has 174 valence electrons. The molecular weight excluding hydrogens is 454 g/mol. The molecule has 1 unspecified atom stereocenters. The van der Waals surface area contributed by atoms with Crippen LogP contribution in [-0.2, 0) is 12.6 Å². The maximum Gasteiger partial charge on any atom is 0.231 e. The maximum absolute atomic E-state index is 9.72. The smallest absolute Gasteiger partial charge is 0.231 e. The lowest BCUT2D eigenvalue weighted by Gasteiger charge is -2.28. The number of aromatic nitrogens is 2. The summed E-state index contributed by atoms with van der Waals surface area (Å²) in [5.41, 5.74) is 10.5. The average Bonchev–Trinajstić information content (AvgIpc) is 3.66. The number of furan rings is 1. The largest absolute Gasteiger partial charge is 0.458 e. The molecule has 0 aliphatic carbocycles. The molecule has 0 bridgehead atoms. The lowest BCUT2D eigenvalue weighted by atomic mass is 9.84. The minimum absolute atomic E-state index is 0.169. The Morgan fingerprint density at radius 2 is 1.72 bits per heavy atom. The van der Waals surface area contributed by atoms with Gasteiger partial charge in [-0.15, -0.1) is 0 Å². The van der Waals surface area contributed by atoms with E-state index in [4.69, 9.17) is 19.6 Å². The zero-order valence-electron chi connectivity index (χ0n) is 19.2. The van der Waals surface area contributed by atoms with Crippen molar-refractivity contribution in [1.82, 2.24) is 9.55 Å². The standard InChI is InChI=1S/C28H19N5O3/c1-33-15-32-14-25(33)28(31,21-5-2-17(12-29)3-6-21)26-11-20-8-18(13-30)9-22(27(20)36-26)19-4-7-23-24(10-19)35-16-34-23/h2-11,14-15H,16,31H2,1H3. The summed E-state index contributed by atoms with van der Waals surface area (Å²) in [7, 11) is 1.86. The Bertz CT molecular complexity index is 1720. The SMILES string of the molecule is Cn1cncc1C(N)(c1ccc(C#N)cc1)c1cc2cc(C#N)cc(-c3ccc4c(c3)OCO4)c2o1. The number of ether oxygens (including phenoxy) is 2. The minimum atomic E-state index is -1.21. The molecule has 2 aromatic heterocycles. The Labute approximate surface area is 206 Å². The van der Waals surface area contributed by atoms with Crippen molar-refractivity contribution in [3.8, 4) is 34.8 Å². The van der Waals surface area contributed by atoms with Gasteiger partial charge in [0, 0.05) is 18.0 Å². The van der Waals surface area contributed by atoms with Crippen LogP contribution in [0.3, 0.4) is 0 Å². The van der Waals surface area contributed by atoms with E-state index in [9.17, 15) is 10.5 Å². The van der Waals surface area contributed by atoms with E-state index in [0.717, 1.165) is 22.1 Å². The van der Waals surface area contributed by atoms with E-state index in [2.05, 4.69) is 17.1 Å². The first-order valence-electron chi connectivity index (χ1n) is 11.2. The van der Waals surface area contributed by atoms with Gasteiger partial charge in [-0.3, -0.25) is 0 Å². The predicted molar refractivity (Wildman–Crippen MR) is 131 cm³/mol. The molecule has 8 heteroatoms. The van der Waals surface area contributed by atoms with Gasteiger partial charge in [0.15, 0.2) is 11.5 Å².